The van der Waals surface area contributed by atoms with Crippen LogP contribution in [0, 0.1) is 0 Å². The standard InChI is InChI=1S/C17H17ClN2O.C5H10O2/c18-15-5-1-13(2-6-15)17(21)20-16-7-3-12(4-8-16)14-9-10-19-11-14;1-5(2,3)7-4-6/h1-8,14,19H,9-11H2,(H,20,21);4H,1-3H3. The number of hydrogen-bond donors (Lipinski definition) is 2. The highest BCUT2D eigenvalue weighted by atomic mass is 35.5. The van der Waals surface area contributed by atoms with Gasteiger partial charge in [-0.1, -0.05) is 23.7 Å². The zero-order chi connectivity index (χ0) is 20.6. The normalized spacial score (nSPS) is 15.9. The van der Waals surface area contributed by atoms with Crippen molar-refractivity contribution in [3.8, 4) is 0 Å². The molecule has 0 spiro atoms. The van der Waals surface area contributed by atoms with Gasteiger partial charge in [0, 0.05) is 22.8 Å². The van der Waals surface area contributed by atoms with E-state index in [4.69, 9.17) is 11.6 Å². The fourth-order valence-corrected chi connectivity index (χ4v) is 2.85. The molecule has 0 radical (unpaired) electrons. The largest absolute Gasteiger partial charge is 0.462 e. The molecule has 2 aromatic rings. The molecular weight excluding hydrogens is 376 g/mol. The third kappa shape index (κ3) is 7.33. The lowest BCUT2D eigenvalue weighted by Crippen LogP contribution is -2.17. The van der Waals surface area contributed by atoms with Gasteiger partial charge in [0.05, 0.1) is 0 Å². The highest BCUT2D eigenvalue weighted by molar-refractivity contribution is 6.30. The average molecular weight is 403 g/mol. The average Bonchev–Trinajstić information content (AvgIpc) is 3.17. The molecule has 5 nitrogen and oxygen atoms in total. The van der Waals surface area contributed by atoms with Crippen molar-refractivity contribution in [1.82, 2.24) is 5.32 Å². The van der Waals surface area contributed by atoms with E-state index in [2.05, 4.69) is 27.5 Å². The quantitative estimate of drug-likeness (QED) is 0.732. The topological polar surface area (TPSA) is 67.4 Å². The number of nitrogens with one attached hydrogen (secondary N) is 2. The molecule has 0 saturated carbocycles. The molecule has 0 bridgehead atoms. The van der Waals surface area contributed by atoms with E-state index in [0.29, 0.717) is 23.0 Å². The molecule has 1 fully saturated rings. The summed E-state index contributed by atoms with van der Waals surface area (Å²) in [5, 5.41) is 6.89. The Bertz CT molecular complexity index is 762. The van der Waals surface area contributed by atoms with Crippen molar-refractivity contribution in [1.29, 1.82) is 0 Å². The summed E-state index contributed by atoms with van der Waals surface area (Å²) >= 11 is 5.82. The molecule has 2 aromatic carbocycles. The molecule has 28 heavy (non-hydrogen) atoms. The Labute approximate surface area is 171 Å². The maximum absolute atomic E-state index is 12.1. The van der Waals surface area contributed by atoms with Crippen molar-refractivity contribution in [2.45, 2.75) is 38.7 Å². The van der Waals surface area contributed by atoms with Crippen LogP contribution in [0.3, 0.4) is 0 Å². The van der Waals surface area contributed by atoms with E-state index in [9.17, 15) is 9.59 Å². The molecule has 2 N–H and O–H groups in total. The third-order valence-electron chi connectivity index (χ3n) is 4.21. The summed E-state index contributed by atoms with van der Waals surface area (Å²) in [5.41, 5.74) is 2.42. The second-order valence-corrected chi connectivity index (χ2v) is 8.04. The monoisotopic (exact) mass is 402 g/mol. The van der Waals surface area contributed by atoms with Crippen molar-refractivity contribution in [3.05, 3.63) is 64.7 Å². The minimum absolute atomic E-state index is 0.123. The summed E-state index contributed by atoms with van der Waals surface area (Å²) in [6.45, 7) is 8.04. The van der Waals surface area contributed by atoms with Gasteiger partial charge in [0.1, 0.15) is 5.60 Å². The van der Waals surface area contributed by atoms with E-state index in [0.717, 1.165) is 18.8 Å². The number of carbonyl (C=O) groups is 2. The maximum Gasteiger partial charge on any atom is 0.293 e. The first-order chi connectivity index (χ1) is 13.3. The van der Waals surface area contributed by atoms with Crippen molar-refractivity contribution >= 4 is 29.7 Å². The van der Waals surface area contributed by atoms with Crippen LogP contribution in [0.15, 0.2) is 48.5 Å². The molecule has 0 aliphatic carbocycles. The molecule has 3 rings (SSSR count). The maximum atomic E-state index is 12.1. The van der Waals surface area contributed by atoms with Crippen LogP contribution in [-0.4, -0.2) is 31.1 Å². The van der Waals surface area contributed by atoms with Gasteiger partial charge in [-0.3, -0.25) is 9.59 Å². The summed E-state index contributed by atoms with van der Waals surface area (Å²) < 4.78 is 4.55. The molecule has 1 atom stereocenters. The SMILES string of the molecule is CC(C)(C)OC=O.O=C(Nc1ccc(C2CCNC2)cc1)c1ccc(Cl)cc1. The molecule has 1 unspecified atom stereocenters. The lowest BCUT2D eigenvalue weighted by molar-refractivity contribution is -0.138. The third-order valence-corrected chi connectivity index (χ3v) is 4.46. The van der Waals surface area contributed by atoms with E-state index in [-0.39, 0.29) is 11.5 Å². The zero-order valence-corrected chi connectivity index (χ0v) is 17.3. The van der Waals surface area contributed by atoms with Gasteiger partial charge in [-0.25, -0.2) is 0 Å². The Morgan fingerprint density at radius 2 is 1.79 bits per heavy atom. The summed E-state index contributed by atoms with van der Waals surface area (Å²) in [6, 6.07) is 15.0. The Balaban J connectivity index is 0.000000345. The van der Waals surface area contributed by atoms with E-state index in [1.54, 1.807) is 24.3 Å². The lowest BCUT2D eigenvalue weighted by Gasteiger charge is -2.14. The van der Waals surface area contributed by atoms with Crippen molar-refractivity contribution in [2.24, 2.45) is 0 Å². The summed E-state index contributed by atoms with van der Waals surface area (Å²) in [7, 11) is 0. The predicted octanol–water partition coefficient (Wildman–Crippen LogP) is 4.63. The molecule has 1 aliphatic heterocycles. The van der Waals surface area contributed by atoms with Crippen LogP contribution in [0.4, 0.5) is 5.69 Å². The van der Waals surface area contributed by atoms with Gasteiger partial charge < -0.3 is 15.4 Å². The summed E-state index contributed by atoms with van der Waals surface area (Å²) in [4.78, 5) is 21.7. The van der Waals surface area contributed by atoms with Gasteiger partial charge in [0.15, 0.2) is 0 Å². The van der Waals surface area contributed by atoms with Crippen LogP contribution in [0.1, 0.15) is 49.0 Å². The Kier molecular flexibility index (Phi) is 8.03. The fourth-order valence-electron chi connectivity index (χ4n) is 2.73. The van der Waals surface area contributed by atoms with Crippen LogP contribution in [0.5, 0.6) is 0 Å². The van der Waals surface area contributed by atoms with Crippen molar-refractivity contribution in [3.63, 3.8) is 0 Å². The van der Waals surface area contributed by atoms with Crippen molar-refractivity contribution in [2.75, 3.05) is 18.4 Å². The van der Waals surface area contributed by atoms with Crippen LogP contribution < -0.4 is 10.6 Å². The minimum atomic E-state index is -0.318. The van der Waals surface area contributed by atoms with Crippen LogP contribution in [-0.2, 0) is 9.53 Å². The number of amides is 1. The zero-order valence-electron chi connectivity index (χ0n) is 16.5. The molecule has 1 saturated heterocycles. The number of hydrogen-bond acceptors (Lipinski definition) is 4. The number of anilines is 1. The van der Waals surface area contributed by atoms with E-state index < -0.39 is 0 Å². The Morgan fingerprint density at radius 1 is 1.14 bits per heavy atom. The fraction of sp³-hybridized carbons (Fsp3) is 0.364. The first-order valence-corrected chi connectivity index (χ1v) is 9.65. The second kappa shape index (κ2) is 10.2. The Morgan fingerprint density at radius 3 is 2.25 bits per heavy atom. The number of ether oxygens (including phenoxy) is 1. The number of rotatable bonds is 4. The van der Waals surface area contributed by atoms with Gasteiger partial charge >= 0.3 is 0 Å². The molecule has 0 aromatic heterocycles. The first kappa shape index (κ1) is 21.9. The van der Waals surface area contributed by atoms with Gasteiger partial charge in [0.2, 0.25) is 0 Å². The van der Waals surface area contributed by atoms with Crippen LogP contribution >= 0.6 is 11.6 Å². The van der Waals surface area contributed by atoms with Gasteiger partial charge in [-0.15, -0.1) is 0 Å². The highest BCUT2D eigenvalue weighted by Crippen LogP contribution is 2.23. The highest BCUT2D eigenvalue weighted by Gasteiger charge is 2.16. The molecule has 1 heterocycles. The smallest absolute Gasteiger partial charge is 0.293 e. The van der Waals surface area contributed by atoms with Gasteiger partial charge in [-0.05, 0) is 81.6 Å². The first-order valence-electron chi connectivity index (χ1n) is 9.27. The number of carbonyl (C=O) groups excluding carboxylic acids is 2. The van der Waals surface area contributed by atoms with Crippen molar-refractivity contribution < 1.29 is 14.3 Å². The Hall–Kier alpha value is -2.37. The minimum Gasteiger partial charge on any atom is -0.462 e. The molecular formula is C22H27ClN2O3. The van der Waals surface area contributed by atoms with E-state index in [1.165, 1.54) is 12.0 Å². The summed E-state index contributed by atoms with van der Waals surface area (Å²) in [5.74, 6) is 0.466. The number of halogens is 1. The number of benzene rings is 2. The molecule has 150 valence electrons. The molecule has 6 heteroatoms. The van der Waals surface area contributed by atoms with Crippen LogP contribution in [0.25, 0.3) is 0 Å². The lowest BCUT2D eigenvalue weighted by atomic mass is 9.98. The van der Waals surface area contributed by atoms with E-state index >= 15 is 0 Å². The molecule has 1 amide bonds. The van der Waals surface area contributed by atoms with Gasteiger partial charge in [-0.2, -0.15) is 0 Å². The van der Waals surface area contributed by atoms with Gasteiger partial charge in [0.25, 0.3) is 12.4 Å². The predicted molar refractivity (Wildman–Crippen MR) is 113 cm³/mol. The molecule has 1 aliphatic rings. The second-order valence-electron chi connectivity index (χ2n) is 7.60. The van der Waals surface area contributed by atoms with E-state index in [1.807, 2.05) is 32.9 Å². The van der Waals surface area contributed by atoms with Crippen LogP contribution in [0.2, 0.25) is 5.02 Å². The summed E-state index contributed by atoms with van der Waals surface area (Å²) in [6.07, 6.45) is 1.18.